The molecule has 0 bridgehead atoms. The lowest BCUT2D eigenvalue weighted by atomic mass is 9.91. The number of benzene rings is 2. The van der Waals surface area contributed by atoms with E-state index in [4.69, 9.17) is 16.1 Å². The molecule has 8 heteroatoms. The van der Waals surface area contributed by atoms with Gasteiger partial charge in [-0.1, -0.05) is 35.0 Å². The average Bonchev–Trinajstić information content (AvgIpc) is 3.20. The van der Waals surface area contributed by atoms with E-state index < -0.39 is 0 Å². The Kier molecular flexibility index (Phi) is 6.51. The van der Waals surface area contributed by atoms with E-state index in [-0.39, 0.29) is 36.4 Å². The summed E-state index contributed by atoms with van der Waals surface area (Å²) in [4.78, 5) is 26.4. The van der Waals surface area contributed by atoms with Crippen molar-refractivity contribution < 1.29 is 18.5 Å². The molecule has 3 aromatic rings. The van der Waals surface area contributed by atoms with Crippen LogP contribution in [-0.2, 0) is 16.1 Å². The quantitative estimate of drug-likeness (QED) is 0.611. The Morgan fingerprint density at radius 1 is 1.16 bits per heavy atom. The predicted molar refractivity (Wildman–Crippen MR) is 115 cm³/mol. The Balaban J connectivity index is 1.23. The molecular formula is C23H23ClFN3O3. The Labute approximate surface area is 184 Å². The Morgan fingerprint density at radius 3 is 2.71 bits per heavy atom. The van der Waals surface area contributed by atoms with Gasteiger partial charge in [-0.05, 0) is 36.6 Å². The molecule has 2 heterocycles. The highest BCUT2D eigenvalue weighted by molar-refractivity contribution is 6.31. The fraction of sp³-hybridized carbons (Fsp3) is 0.348. The molecule has 0 spiro atoms. The summed E-state index contributed by atoms with van der Waals surface area (Å²) in [5.41, 5.74) is 2.10. The maximum absolute atomic E-state index is 13.3. The van der Waals surface area contributed by atoms with Gasteiger partial charge in [-0.15, -0.1) is 0 Å². The first-order valence-electron chi connectivity index (χ1n) is 10.3. The van der Waals surface area contributed by atoms with Crippen LogP contribution in [0.1, 0.15) is 42.9 Å². The van der Waals surface area contributed by atoms with E-state index in [0.29, 0.717) is 30.2 Å². The first kappa shape index (κ1) is 21.3. The molecule has 1 aromatic heterocycles. The van der Waals surface area contributed by atoms with Crippen LogP contribution in [0.4, 0.5) is 4.39 Å². The maximum atomic E-state index is 13.3. The summed E-state index contributed by atoms with van der Waals surface area (Å²) in [6, 6.07) is 11.7. The highest BCUT2D eigenvalue weighted by Gasteiger charge is 2.27. The van der Waals surface area contributed by atoms with Crippen molar-refractivity contribution in [2.24, 2.45) is 0 Å². The molecule has 4 rings (SSSR count). The van der Waals surface area contributed by atoms with Gasteiger partial charge in [0.2, 0.25) is 11.8 Å². The standard InChI is InChI=1S/C23H23ClFN3O3/c24-19-4-2-1-3-16(19)14-26-21(29)7-8-22(30)28-11-9-15(10-12-28)23-18-6-5-17(25)13-20(18)31-27-23/h1-6,13,15H,7-12,14H2,(H,26,29). The van der Waals surface area contributed by atoms with Crippen LogP contribution < -0.4 is 5.32 Å². The Morgan fingerprint density at radius 2 is 1.94 bits per heavy atom. The van der Waals surface area contributed by atoms with Crippen molar-refractivity contribution >= 4 is 34.4 Å². The molecule has 2 aromatic carbocycles. The number of likely N-dealkylation sites (tertiary alicyclic amines) is 1. The van der Waals surface area contributed by atoms with E-state index in [9.17, 15) is 14.0 Å². The summed E-state index contributed by atoms with van der Waals surface area (Å²) in [6.07, 6.45) is 1.82. The first-order valence-corrected chi connectivity index (χ1v) is 10.7. The summed E-state index contributed by atoms with van der Waals surface area (Å²) in [5.74, 6) is -0.399. The zero-order valence-electron chi connectivity index (χ0n) is 16.9. The van der Waals surface area contributed by atoms with Crippen LogP contribution >= 0.6 is 11.6 Å². The van der Waals surface area contributed by atoms with Gasteiger partial charge < -0.3 is 14.7 Å². The number of nitrogens with zero attached hydrogens (tertiary/aromatic N) is 2. The summed E-state index contributed by atoms with van der Waals surface area (Å²) in [5, 5.41) is 8.36. The van der Waals surface area contributed by atoms with Crippen molar-refractivity contribution in [3.63, 3.8) is 0 Å². The van der Waals surface area contributed by atoms with Gasteiger partial charge in [-0.2, -0.15) is 0 Å². The molecule has 31 heavy (non-hydrogen) atoms. The molecule has 0 radical (unpaired) electrons. The van der Waals surface area contributed by atoms with Gasteiger partial charge in [-0.3, -0.25) is 9.59 Å². The molecule has 1 N–H and O–H groups in total. The van der Waals surface area contributed by atoms with Crippen LogP contribution in [0.5, 0.6) is 0 Å². The number of nitrogens with one attached hydrogen (secondary N) is 1. The second kappa shape index (κ2) is 9.47. The van der Waals surface area contributed by atoms with Gasteiger partial charge in [0.25, 0.3) is 0 Å². The van der Waals surface area contributed by atoms with E-state index in [0.717, 1.165) is 29.5 Å². The molecule has 1 aliphatic heterocycles. The van der Waals surface area contributed by atoms with E-state index in [1.165, 1.54) is 12.1 Å². The number of fused-ring (bicyclic) bond motifs is 1. The lowest BCUT2D eigenvalue weighted by Crippen LogP contribution is -2.38. The summed E-state index contributed by atoms with van der Waals surface area (Å²) in [7, 11) is 0. The van der Waals surface area contributed by atoms with Crippen LogP contribution in [-0.4, -0.2) is 35.0 Å². The molecule has 1 saturated heterocycles. The number of rotatable bonds is 6. The van der Waals surface area contributed by atoms with Crippen molar-refractivity contribution in [3.8, 4) is 0 Å². The minimum atomic E-state index is -0.355. The molecular weight excluding hydrogens is 421 g/mol. The van der Waals surface area contributed by atoms with Crippen LogP contribution in [0.25, 0.3) is 11.0 Å². The topological polar surface area (TPSA) is 75.4 Å². The molecule has 0 aliphatic carbocycles. The monoisotopic (exact) mass is 443 g/mol. The molecule has 1 aliphatic rings. The fourth-order valence-electron chi connectivity index (χ4n) is 3.93. The van der Waals surface area contributed by atoms with E-state index in [1.807, 2.05) is 18.2 Å². The smallest absolute Gasteiger partial charge is 0.223 e. The molecule has 0 unspecified atom stereocenters. The van der Waals surface area contributed by atoms with Crippen LogP contribution in [0, 0.1) is 5.82 Å². The van der Waals surface area contributed by atoms with E-state index in [1.54, 1.807) is 17.0 Å². The van der Waals surface area contributed by atoms with Gasteiger partial charge in [0.05, 0.1) is 5.69 Å². The first-order chi connectivity index (χ1) is 15.0. The molecule has 0 saturated carbocycles. The predicted octanol–water partition coefficient (Wildman–Crippen LogP) is 4.42. The van der Waals surface area contributed by atoms with Crippen LogP contribution in [0.2, 0.25) is 5.02 Å². The number of carbonyl (C=O) groups excluding carboxylic acids is 2. The second-order valence-corrected chi connectivity index (χ2v) is 8.14. The zero-order valence-corrected chi connectivity index (χ0v) is 17.7. The number of hydrogen-bond acceptors (Lipinski definition) is 4. The molecule has 1 fully saturated rings. The van der Waals surface area contributed by atoms with Gasteiger partial charge in [0.1, 0.15) is 5.82 Å². The number of hydrogen-bond donors (Lipinski definition) is 1. The lowest BCUT2D eigenvalue weighted by Gasteiger charge is -2.31. The fourth-order valence-corrected chi connectivity index (χ4v) is 4.13. The minimum Gasteiger partial charge on any atom is -0.356 e. The normalized spacial score (nSPS) is 14.7. The lowest BCUT2D eigenvalue weighted by molar-refractivity contribution is -0.134. The molecule has 0 atom stereocenters. The summed E-state index contributed by atoms with van der Waals surface area (Å²) in [6.45, 7) is 1.54. The van der Waals surface area contributed by atoms with Crippen molar-refractivity contribution in [1.82, 2.24) is 15.4 Å². The van der Waals surface area contributed by atoms with Crippen molar-refractivity contribution in [1.29, 1.82) is 0 Å². The summed E-state index contributed by atoms with van der Waals surface area (Å²) >= 11 is 6.09. The Hall–Kier alpha value is -2.93. The van der Waals surface area contributed by atoms with Crippen LogP contribution in [0.15, 0.2) is 47.0 Å². The van der Waals surface area contributed by atoms with Gasteiger partial charge in [0, 0.05) is 54.9 Å². The van der Waals surface area contributed by atoms with Crippen molar-refractivity contribution in [2.45, 2.75) is 38.1 Å². The highest BCUT2D eigenvalue weighted by Crippen LogP contribution is 2.33. The van der Waals surface area contributed by atoms with Gasteiger partial charge >= 0.3 is 0 Å². The van der Waals surface area contributed by atoms with E-state index >= 15 is 0 Å². The number of carbonyl (C=O) groups is 2. The van der Waals surface area contributed by atoms with E-state index in [2.05, 4.69) is 10.5 Å². The molecule has 162 valence electrons. The second-order valence-electron chi connectivity index (χ2n) is 7.73. The number of halogens is 2. The highest BCUT2D eigenvalue weighted by atomic mass is 35.5. The molecule has 2 amide bonds. The zero-order chi connectivity index (χ0) is 21.8. The maximum Gasteiger partial charge on any atom is 0.223 e. The minimum absolute atomic E-state index is 0.0292. The van der Waals surface area contributed by atoms with Gasteiger partial charge in [0.15, 0.2) is 5.58 Å². The average molecular weight is 444 g/mol. The largest absolute Gasteiger partial charge is 0.356 e. The van der Waals surface area contributed by atoms with Gasteiger partial charge in [-0.25, -0.2) is 4.39 Å². The van der Waals surface area contributed by atoms with Crippen molar-refractivity contribution in [2.75, 3.05) is 13.1 Å². The third-order valence-corrected chi connectivity index (χ3v) is 6.06. The number of amides is 2. The third kappa shape index (κ3) is 5.05. The van der Waals surface area contributed by atoms with Crippen LogP contribution in [0.3, 0.4) is 0 Å². The SMILES string of the molecule is O=C(CCC(=O)N1CCC(c2noc3cc(F)ccc23)CC1)NCc1ccccc1Cl. The Bertz CT molecular complexity index is 1090. The number of piperidine rings is 1. The summed E-state index contributed by atoms with van der Waals surface area (Å²) < 4.78 is 18.6. The molecule has 6 nitrogen and oxygen atoms in total. The third-order valence-electron chi connectivity index (χ3n) is 5.70. The number of aromatic nitrogens is 1. The van der Waals surface area contributed by atoms with Crippen molar-refractivity contribution in [3.05, 3.63) is 64.6 Å².